The second-order valence-electron chi connectivity index (χ2n) is 7.22. The first-order chi connectivity index (χ1) is 15.3. The van der Waals surface area contributed by atoms with Gasteiger partial charge in [0, 0.05) is 31.6 Å². The third kappa shape index (κ3) is 5.36. The highest BCUT2D eigenvalue weighted by atomic mass is 15.2. The molecule has 6 heteroatoms. The highest BCUT2D eigenvalue weighted by molar-refractivity contribution is 5.79. The van der Waals surface area contributed by atoms with E-state index in [9.17, 15) is 0 Å². The Balaban J connectivity index is 1.41. The summed E-state index contributed by atoms with van der Waals surface area (Å²) in [6.45, 7) is 1.40. The molecule has 4 rings (SSSR count). The van der Waals surface area contributed by atoms with Crippen molar-refractivity contribution in [1.29, 1.82) is 0 Å². The lowest BCUT2D eigenvalue weighted by Crippen LogP contribution is -2.39. The molecule has 4 aromatic rings. The molecule has 6 nitrogen and oxygen atoms in total. The number of aliphatic imine (C=N–C) groups is 1. The van der Waals surface area contributed by atoms with Gasteiger partial charge in [-0.25, -0.2) is 4.98 Å². The van der Waals surface area contributed by atoms with Crippen molar-refractivity contribution < 1.29 is 0 Å². The van der Waals surface area contributed by atoms with Crippen LogP contribution in [0, 0.1) is 0 Å². The fraction of sp³-hybridized carbons (Fsp3) is 0.160. The van der Waals surface area contributed by atoms with Crippen LogP contribution in [0.5, 0.6) is 0 Å². The molecule has 0 saturated carbocycles. The SMILES string of the molecule is CN=C(NCc1cccc(-c2ncn[nH]2)c1)NCC(c1ccccc1)c1ccccc1. The van der Waals surface area contributed by atoms with E-state index in [1.807, 2.05) is 24.3 Å². The lowest BCUT2D eigenvalue weighted by molar-refractivity contribution is 0.728. The van der Waals surface area contributed by atoms with Crippen molar-refractivity contribution in [3.8, 4) is 11.4 Å². The number of nitrogens with one attached hydrogen (secondary N) is 3. The minimum absolute atomic E-state index is 0.232. The lowest BCUT2D eigenvalue weighted by atomic mass is 9.91. The maximum atomic E-state index is 4.40. The summed E-state index contributed by atoms with van der Waals surface area (Å²) in [5.74, 6) is 1.76. The van der Waals surface area contributed by atoms with Gasteiger partial charge in [0.05, 0.1) is 0 Å². The number of hydrogen-bond acceptors (Lipinski definition) is 3. The molecule has 156 valence electrons. The van der Waals surface area contributed by atoms with E-state index in [0.717, 1.165) is 29.5 Å². The zero-order valence-electron chi connectivity index (χ0n) is 17.5. The van der Waals surface area contributed by atoms with Crippen LogP contribution in [-0.4, -0.2) is 34.7 Å². The molecule has 0 aliphatic rings. The minimum atomic E-state index is 0.232. The van der Waals surface area contributed by atoms with Crippen LogP contribution in [-0.2, 0) is 6.54 Å². The van der Waals surface area contributed by atoms with Gasteiger partial charge in [0.1, 0.15) is 6.33 Å². The van der Waals surface area contributed by atoms with E-state index < -0.39 is 0 Å². The number of hydrogen-bond donors (Lipinski definition) is 3. The maximum Gasteiger partial charge on any atom is 0.191 e. The Bertz CT molecular complexity index is 1050. The molecule has 0 atom stereocenters. The Morgan fingerprint density at radius 2 is 1.61 bits per heavy atom. The van der Waals surface area contributed by atoms with Crippen molar-refractivity contribution >= 4 is 5.96 Å². The highest BCUT2D eigenvalue weighted by Crippen LogP contribution is 2.23. The standard InChI is InChI=1S/C25H26N6/c1-26-25(27-16-19-9-8-14-22(15-19)24-29-18-30-31-24)28-17-23(20-10-4-2-5-11-20)21-12-6-3-7-13-21/h2-15,18,23H,16-17H2,1H3,(H2,26,27,28)(H,29,30,31). The molecular weight excluding hydrogens is 384 g/mol. The van der Waals surface area contributed by atoms with Gasteiger partial charge in [-0.3, -0.25) is 10.1 Å². The predicted octanol–water partition coefficient (Wildman–Crippen LogP) is 3.97. The molecule has 31 heavy (non-hydrogen) atoms. The Morgan fingerprint density at radius 1 is 0.903 bits per heavy atom. The molecule has 0 aliphatic carbocycles. The van der Waals surface area contributed by atoms with Gasteiger partial charge in [0.2, 0.25) is 0 Å². The second kappa shape index (κ2) is 10.2. The molecule has 0 bridgehead atoms. The summed E-state index contributed by atoms with van der Waals surface area (Å²) in [5, 5.41) is 13.7. The molecule has 0 amide bonds. The molecule has 3 N–H and O–H groups in total. The predicted molar refractivity (Wildman–Crippen MR) is 125 cm³/mol. The van der Waals surface area contributed by atoms with Gasteiger partial charge < -0.3 is 10.6 Å². The zero-order chi connectivity index (χ0) is 21.3. The summed E-state index contributed by atoms with van der Waals surface area (Å²) in [6, 6.07) is 29.3. The number of nitrogens with zero attached hydrogens (tertiary/aromatic N) is 3. The Hall–Kier alpha value is -3.93. The van der Waals surface area contributed by atoms with Crippen LogP contribution in [0.2, 0.25) is 0 Å². The fourth-order valence-electron chi connectivity index (χ4n) is 3.58. The Kier molecular flexibility index (Phi) is 6.70. The van der Waals surface area contributed by atoms with Gasteiger partial charge in [0.15, 0.2) is 11.8 Å². The molecule has 0 spiro atoms. The first-order valence-corrected chi connectivity index (χ1v) is 10.3. The third-order valence-electron chi connectivity index (χ3n) is 5.18. The molecule has 0 aliphatic heterocycles. The van der Waals surface area contributed by atoms with Crippen LogP contribution in [0.3, 0.4) is 0 Å². The molecule has 0 saturated heterocycles. The van der Waals surface area contributed by atoms with Crippen LogP contribution >= 0.6 is 0 Å². The van der Waals surface area contributed by atoms with Crippen LogP contribution in [0.1, 0.15) is 22.6 Å². The minimum Gasteiger partial charge on any atom is -0.355 e. The van der Waals surface area contributed by atoms with E-state index in [-0.39, 0.29) is 5.92 Å². The topological polar surface area (TPSA) is 78.0 Å². The van der Waals surface area contributed by atoms with Crippen LogP contribution in [0.4, 0.5) is 0 Å². The van der Waals surface area contributed by atoms with Crippen molar-refractivity contribution in [2.24, 2.45) is 4.99 Å². The van der Waals surface area contributed by atoms with E-state index in [1.54, 1.807) is 7.05 Å². The van der Waals surface area contributed by atoms with Gasteiger partial charge >= 0.3 is 0 Å². The first kappa shape index (κ1) is 20.3. The average Bonchev–Trinajstić information content (AvgIpc) is 3.38. The highest BCUT2D eigenvalue weighted by Gasteiger charge is 2.14. The average molecular weight is 411 g/mol. The number of rotatable bonds is 7. The van der Waals surface area contributed by atoms with Crippen molar-refractivity contribution in [3.05, 3.63) is 108 Å². The molecule has 1 heterocycles. The molecule has 3 aromatic carbocycles. The second-order valence-corrected chi connectivity index (χ2v) is 7.22. The summed E-state index contributed by atoms with van der Waals surface area (Å²) in [5.41, 5.74) is 4.69. The zero-order valence-corrected chi connectivity index (χ0v) is 17.5. The van der Waals surface area contributed by atoms with Crippen molar-refractivity contribution in [2.75, 3.05) is 13.6 Å². The normalized spacial score (nSPS) is 11.5. The number of guanidine groups is 1. The van der Waals surface area contributed by atoms with Gasteiger partial charge in [0.25, 0.3) is 0 Å². The van der Waals surface area contributed by atoms with Crippen molar-refractivity contribution in [3.63, 3.8) is 0 Å². The quantitative estimate of drug-likeness (QED) is 0.318. The summed E-state index contributed by atoms with van der Waals surface area (Å²) < 4.78 is 0. The number of aromatic amines is 1. The van der Waals surface area contributed by atoms with Gasteiger partial charge in [-0.1, -0.05) is 78.9 Å². The Labute approximate surface area is 182 Å². The van der Waals surface area contributed by atoms with Crippen molar-refractivity contribution in [2.45, 2.75) is 12.5 Å². The molecule has 1 aromatic heterocycles. The summed E-state index contributed by atoms with van der Waals surface area (Å²) >= 11 is 0. The molecule has 0 unspecified atom stereocenters. The summed E-state index contributed by atoms with van der Waals surface area (Å²) in [4.78, 5) is 8.62. The maximum absolute atomic E-state index is 4.40. The molecule has 0 radical (unpaired) electrons. The van der Waals surface area contributed by atoms with E-state index in [1.165, 1.54) is 17.5 Å². The monoisotopic (exact) mass is 410 g/mol. The van der Waals surface area contributed by atoms with E-state index >= 15 is 0 Å². The van der Waals surface area contributed by atoms with Gasteiger partial charge in [-0.05, 0) is 22.8 Å². The van der Waals surface area contributed by atoms with E-state index in [0.29, 0.717) is 6.54 Å². The van der Waals surface area contributed by atoms with Gasteiger partial charge in [-0.2, -0.15) is 5.10 Å². The first-order valence-electron chi connectivity index (χ1n) is 10.3. The molecule has 0 fully saturated rings. The third-order valence-corrected chi connectivity index (χ3v) is 5.18. The van der Waals surface area contributed by atoms with Gasteiger partial charge in [-0.15, -0.1) is 0 Å². The van der Waals surface area contributed by atoms with Crippen LogP contribution in [0.25, 0.3) is 11.4 Å². The fourth-order valence-corrected chi connectivity index (χ4v) is 3.58. The van der Waals surface area contributed by atoms with Crippen LogP contribution in [0.15, 0.2) is 96.2 Å². The Morgan fingerprint density at radius 3 is 2.23 bits per heavy atom. The van der Waals surface area contributed by atoms with E-state index in [4.69, 9.17) is 0 Å². The number of benzene rings is 3. The number of aromatic nitrogens is 3. The lowest BCUT2D eigenvalue weighted by Gasteiger charge is -2.20. The van der Waals surface area contributed by atoms with Crippen LogP contribution < -0.4 is 10.6 Å². The van der Waals surface area contributed by atoms with Crippen molar-refractivity contribution in [1.82, 2.24) is 25.8 Å². The number of H-pyrrole nitrogens is 1. The smallest absolute Gasteiger partial charge is 0.191 e. The largest absolute Gasteiger partial charge is 0.355 e. The summed E-state index contributed by atoms with van der Waals surface area (Å²) in [6.07, 6.45) is 1.52. The molecular formula is C25H26N6. The summed E-state index contributed by atoms with van der Waals surface area (Å²) in [7, 11) is 1.79. The van der Waals surface area contributed by atoms with E-state index in [2.05, 4.69) is 91.5 Å².